The van der Waals surface area contributed by atoms with E-state index >= 15 is 0 Å². The lowest BCUT2D eigenvalue weighted by Gasteiger charge is -2.35. The number of fused-ring (bicyclic) bond motifs is 3. The van der Waals surface area contributed by atoms with E-state index in [9.17, 15) is 0 Å². The third kappa shape index (κ3) is 4.68. The molecule has 0 amide bonds. The molecule has 1 aliphatic heterocycles. The summed E-state index contributed by atoms with van der Waals surface area (Å²) in [5.74, 6) is 3.44. The molecule has 0 saturated carbocycles. The molecule has 6 rings (SSSR count). The predicted molar refractivity (Wildman–Crippen MR) is 145 cm³/mol. The van der Waals surface area contributed by atoms with Crippen molar-refractivity contribution in [3.63, 3.8) is 0 Å². The number of benzene rings is 3. The van der Waals surface area contributed by atoms with Gasteiger partial charge < -0.3 is 14.4 Å². The first-order chi connectivity index (χ1) is 18.2. The van der Waals surface area contributed by atoms with Crippen molar-refractivity contribution >= 4 is 22.5 Å². The largest absolute Gasteiger partial charge is 0.497 e. The molecule has 37 heavy (non-hydrogen) atoms. The number of aromatic nitrogens is 4. The maximum atomic E-state index is 5.45. The van der Waals surface area contributed by atoms with Crippen LogP contribution in [-0.4, -0.2) is 64.9 Å². The van der Waals surface area contributed by atoms with Gasteiger partial charge in [-0.25, -0.2) is 9.38 Å². The second-order valence-corrected chi connectivity index (χ2v) is 9.35. The van der Waals surface area contributed by atoms with Gasteiger partial charge in [-0.1, -0.05) is 42.5 Å². The molecule has 188 valence electrons. The fraction of sp³-hybridized carbons (Fsp3) is 0.276. The van der Waals surface area contributed by atoms with Crippen LogP contribution in [0.15, 0.2) is 72.8 Å². The van der Waals surface area contributed by atoms with E-state index < -0.39 is 0 Å². The Hall–Kier alpha value is -4.17. The van der Waals surface area contributed by atoms with Crippen molar-refractivity contribution < 1.29 is 9.47 Å². The van der Waals surface area contributed by atoms with Crippen LogP contribution >= 0.6 is 0 Å². The Balaban J connectivity index is 1.28. The van der Waals surface area contributed by atoms with Gasteiger partial charge >= 0.3 is 0 Å². The number of hydrogen-bond acceptors (Lipinski definition) is 7. The molecule has 3 heterocycles. The number of para-hydroxylation sites is 1. The zero-order valence-corrected chi connectivity index (χ0v) is 21.2. The van der Waals surface area contributed by atoms with Crippen LogP contribution in [0.5, 0.6) is 11.5 Å². The van der Waals surface area contributed by atoms with Crippen LogP contribution in [0.25, 0.3) is 16.6 Å². The summed E-state index contributed by atoms with van der Waals surface area (Å²) in [7, 11) is 3.37. The molecular formula is C29H30N6O2. The third-order valence-electron chi connectivity index (χ3n) is 6.97. The molecule has 1 saturated heterocycles. The summed E-state index contributed by atoms with van der Waals surface area (Å²) >= 11 is 0. The van der Waals surface area contributed by atoms with Gasteiger partial charge in [-0.15, -0.1) is 10.2 Å². The van der Waals surface area contributed by atoms with Crippen LogP contribution < -0.4 is 14.4 Å². The average molecular weight is 495 g/mol. The highest BCUT2D eigenvalue weighted by molar-refractivity contribution is 5.92. The van der Waals surface area contributed by atoms with Crippen LogP contribution in [0.2, 0.25) is 0 Å². The van der Waals surface area contributed by atoms with Gasteiger partial charge in [0, 0.05) is 50.6 Å². The van der Waals surface area contributed by atoms with Gasteiger partial charge in [-0.05, 0) is 35.4 Å². The highest BCUT2D eigenvalue weighted by Crippen LogP contribution is 2.27. The Morgan fingerprint density at radius 3 is 2.19 bits per heavy atom. The van der Waals surface area contributed by atoms with E-state index in [0.717, 1.165) is 72.5 Å². The summed E-state index contributed by atoms with van der Waals surface area (Å²) in [5.41, 5.74) is 4.18. The minimum Gasteiger partial charge on any atom is -0.497 e. The van der Waals surface area contributed by atoms with E-state index in [1.807, 2.05) is 24.3 Å². The van der Waals surface area contributed by atoms with Crippen molar-refractivity contribution in [2.75, 3.05) is 45.3 Å². The van der Waals surface area contributed by atoms with Crippen molar-refractivity contribution in [1.82, 2.24) is 24.5 Å². The molecule has 5 aromatic rings. The number of methoxy groups -OCH3 is 2. The molecule has 0 spiro atoms. The lowest BCUT2D eigenvalue weighted by atomic mass is 10.1. The van der Waals surface area contributed by atoms with Crippen LogP contribution in [0.1, 0.15) is 17.0 Å². The van der Waals surface area contributed by atoms with Gasteiger partial charge in [0.05, 0.1) is 19.7 Å². The SMILES string of the molecule is COc1cc(CN2CCN(c3nc4ccccc4c4nnc(Cc5ccccc5)n34)CC2)cc(OC)c1. The molecule has 1 fully saturated rings. The Labute approximate surface area is 216 Å². The van der Waals surface area contributed by atoms with Crippen LogP contribution in [-0.2, 0) is 13.0 Å². The average Bonchev–Trinajstić information content (AvgIpc) is 3.37. The summed E-state index contributed by atoms with van der Waals surface area (Å²) in [4.78, 5) is 9.93. The molecular weight excluding hydrogens is 464 g/mol. The van der Waals surface area contributed by atoms with Crippen molar-refractivity contribution in [3.8, 4) is 11.5 Å². The maximum absolute atomic E-state index is 5.45. The number of hydrogen-bond donors (Lipinski definition) is 0. The minimum atomic E-state index is 0.701. The standard InChI is InChI=1S/C29H30N6O2/c1-36-23-16-22(17-24(19-23)37-2)20-33-12-14-34(15-13-33)29-30-26-11-7-6-10-25(26)28-32-31-27(35(28)29)18-21-8-4-3-5-9-21/h3-11,16-17,19H,12-15,18,20H2,1-2H3. The van der Waals surface area contributed by atoms with E-state index in [2.05, 4.69) is 72.9 Å². The van der Waals surface area contributed by atoms with Crippen LogP contribution in [0.3, 0.4) is 0 Å². The van der Waals surface area contributed by atoms with Gasteiger partial charge in [0.2, 0.25) is 5.95 Å². The maximum Gasteiger partial charge on any atom is 0.213 e. The van der Waals surface area contributed by atoms with Crippen LogP contribution in [0, 0.1) is 0 Å². The Morgan fingerprint density at radius 2 is 1.46 bits per heavy atom. The first-order valence-electron chi connectivity index (χ1n) is 12.6. The minimum absolute atomic E-state index is 0.701. The zero-order chi connectivity index (χ0) is 25.2. The topological polar surface area (TPSA) is 68.0 Å². The van der Waals surface area contributed by atoms with Crippen LogP contribution in [0.4, 0.5) is 5.95 Å². The summed E-state index contributed by atoms with van der Waals surface area (Å²) in [6, 6.07) is 24.7. The second-order valence-electron chi connectivity index (χ2n) is 9.35. The molecule has 8 heteroatoms. The van der Waals surface area contributed by atoms with E-state index in [1.54, 1.807) is 14.2 Å². The lowest BCUT2D eigenvalue weighted by Crippen LogP contribution is -2.47. The molecule has 0 N–H and O–H groups in total. The fourth-order valence-electron chi connectivity index (χ4n) is 5.05. The van der Waals surface area contributed by atoms with Crippen molar-refractivity contribution in [3.05, 3.63) is 89.7 Å². The molecule has 2 aromatic heterocycles. The Morgan fingerprint density at radius 1 is 0.757 bits per heavy atom. The summed E-state index contributed by atoms with van der Waals surface area (Å²) in [6.07, 6.45) is 0.701. The first-order valence-corrected chi connectivity index (χ1v) is 12.6. The molecule has 0 radical (unpaired) electrons. The van der Waals surface area contributed by atoms with Gasteiger partial charge in [-0.3, -0.25) is 4.90 Å². The smallest absolute Gasteiger partial charge is 0.213 e. The van der Waals surface area contributed by atoms with Crippen molar-refractivity contribution in [2.24, 2.45) is 0 Å². The highest BCUT2D eigenvalue weighted by Gasteiger charge is 2.24. The molecule has 1 aliphatic rings. The zero-order valence-electron chi connectivity index (χ0n) is 21.2. The number of nitrogens with zero attached hydrogens (tertiary/aromatic N) is 6. The molecule has 0 bridgehead atoms. The van der Waals surface area contributed by atoms with E-state index in [4.69, 9.17) is 14.5 Å². The van der Waals surface area contributed by atoms with Gasteiger partial charge in [-0.2, -0.15) is 0 Å². The van der Waals surface area contributed by atoms with Gasteiger partial charge in [0.25, 0.3) is 0 Å². The Bertz CT molecular complexity index is 1500. The van der Waals surface area contributed by atoms with Crippen molar-refractivity contribution in [1.29, 1.82) is 0 Å². The quantitative estimate of drug-likeness (QED) is 0.336. The fourth-order valence-corrected chi connectivity index (χ4v) is 5.05. The summed E-state index contributed by atoms with van der Waals surface area (Å²) in [5, 5.41) is 10.2. The van der Waals surface area contributed by atoms with Gasteiger partial charge in [0.1, 0.15) is 17.3 Å². The van der Waals surface area contributed by atoms with E-state index in [0.29, 0.717) is 6.42 Å². The molecule has 0 aliphatic carbocycles. The second kappa shape index (κ2) is 10.1. The number of piperazine rings is 1. The summed E-state index contributed by atoms with van der Waals surface area (Å²) in [6.45, 7) is 4.42. The van der Waals surface area contributed by atoms with E-state index in [1.165, 1.54) is 11.1 Å². The first kappa shape index (κ1) is 23.2. The normalized spacial score (nSPS) is 14.4. The third-order valence-corrected chi connectivity index (χ3v) is 6.97. The number of ether oxygens (including phenoxy) is 2. The van der Waals surface area contributed by atoms with Gasteiger partial charge in [0.15, 0.2) is 5.65 Å². The predicted octanol–water partition coefficient (Wildman–Crippen LogP) is 4.21. The number of rotatable bonds is 7. The highest BCUT2D eigenvalue weighted by atomic mass is 16.5. The monoisotopic (exact) mass is 494 g/mol. The molecule has 0 atom stereocenters. The molecule has 0 unspecified atom stereocenters. The molecule has 3 aromatic carbocycles. The number of anilines is 1. The van der Waals surface area contributed by atoms with E-state index in [-0.39, 0.29) is 0 Å². The molecule has 8 nitrogen and oxygen atoms in total. The lowest BCUT2D eigenvalue weighted by molar-refractivity contribution is 0.248. The summed E-state index contributed by atoms with van der Waals surface area (Å²) < 4.78 is 13.1. The van der Waals surface area contributed by atoms with Crippen molar-refractivity contribution in [2.45, 2.75) is 13.0 Å². The Kier molecular flexibility index (Phi) is 6.32.